The highest BCUT2D eigenvalue weighted by Crippen LogP contribution is 2.33. The van der Waals surface area contributed by atoms with Gasteiger partial charge in [0.2, 0.25) is 0 Å². The molecule has 1 aliphatic carbocycles. The third-order valence-electron chi connectivity index (χ3n) is 5.42. The molecule has 3 rings (SSSR count). The van der Waals surface area contributed by atoms with Crippen molar-refractivity contribution in [2.45, 2.75) is 51.6 Å². The number of ether oxygens (including phenoxy) is 1. The van der Waals surface area contributed by atoms with Crippen LogP contribution in [-0.4, -0.2) is 12.1 Å². The minimum atomic E-state index is -4.86. The SMILES string of the molecule is CCCC1CCC(C(=O)Oc2ccc3c(F)c(C#CC(F)(F)F)c(F)cc3c2)CC1. The van der Waals surface area contributed by atoms with Gasteiger partial charge in [0, 0.05) is 11.3 Å². The minimum absolute atomic E-state index is 0.0690. The van der Waals surface area contributed by atoms with Crippen LogP contribution in [0.1, 0.15) is 51.0 Å². The Morgan fingerprint density at radius 3 is 2.47 bits per heavy atom. The monoisotopic (exact) mass is 424 g/mol. The average molecular weight is 424 g/mol. The molecule has 0 atom stereocenters. The van der Waals surface area contributed by atoms with Gasteiger partial charge in [-0.15, -0.1) is 0 Å². The lowest BCUT2D eigenvalue weighted by atomic mass is 9.80. The molecular weight excluding hydrogens is 403 g/mol. The van der Waals surface area contributed by atoms with E-state index in [4.69, 9.17) is 4.74 Å². The fraction of sp³-hybridized carbons (Fsp3) is 0.435. The number of fused-ring (bicyclic) bond motifs is 1. The number of hydrogen-bond donors (Lipinski definition) is 0. The van der Waals surface area contributed by atoms with E-state index in [2.05, 4.69) is 6.92 Å². The number of carbonyl (C=O) groups excluding carboxylic acids is 1. The summed E-state index contributed by atoms with van der Waals surface area (Å²) in [6, 6.07) is 4.75. The molecule has 7 heteroatoms. The van der Waals surface area contributed by atoms with Gasteiger partial charge in [0.25, 0.3) is 0 Å². The van der Waals surface area contributed by atoms with Crippen LogP contribution in [0.5, 0.6) is 5.75 Å². The van der Waals surface area contributed by atoms with Gasteiger partial charge in [-0.1, -0.05) is 25.7 Å². The fourth-order valence-electron chi connectivity index (χ4n) is 3.91. The molecule has 30 heavy (non-hydrogen) atoms. The Bertz CT molecular complexity index is 993. The molecule has 1 fully saturated rings. The van der Waals surface area contributed by atoms with Crippen molar-refractivity contribution in [3.8, 4) is 17.6 Å². The summed E-state index contributed by atoms with van der Waals surface area (Å²) in [6.45, 7) is 2.14. The predicted molar refractivity (Wildman–Crippen MR) is 103 cm³/mol. The van der Waals surface area contributed by atoms with Gasteiger partial charge in [0.1, 0.15) is 17.4 Å². The Labute approximate surface area is 171 Å². The van der Waals surface area contributed by atoms with Crippen LogP contribution in [0, 0.1) is 35.3 Å². The summed E-state index contributed by atoms with van der Waals surface area (Å²) in [5, 5.41) is -0.0396. The molecular formula is C23H21F5O2. The van der Waals surface area contributed by atoms with E-state index in [1.807, 2.05) is 0 Å². The second-order valence-electron chi connectivity index (χ2n) is 7.61. The first-order valence-corrected chi connectivity index (χ1v) is 9.91. The van der Waals surface area contributed by atoms with Crippen LogP contribution in [0.25, 0.3) is 10.8 Å². The van der Waals surface area contributed by atoms with Crippen molar-refractivity contribution in [1.82, 2.24) is 0 Å². The molecule has 0 unspecified atom stereocenters. The van der Waals surface area contributed by atoms with Gasteiger partial charge in [0.05, 0.1) is 11.5 Å². The maximum Gasteiger partial charge on any atom is 0.458 e. The first-order valence-electron chi connectivity index (χ1n) is 9.91. The van der Waals surface area contributed by atoms with Crippen LogP contribution in [0.4, 0.5) is 22.0 Å². The second-order valence-corrected chi connectivity index (χ2v) is 7.61. The molecule has 2 aromatic carbocycles. The van der Waals surface area contributed by atoms with Gasteiger partial charge in [-0.05, 0) is 61.3 Å². The maximum atomic E-state index is 14.5. The van der Waals surface area contributed by atoms with Crippen LogP contribution in [0.3, 0.4) is 0 Å². The second kappa shape index (κ2) is 9.03. The van der Waals surface area contributed by atoms with Crippen molar-refractivity contribution < 1.29 is 31.5 Å². The van der Waals surface area contributed by atoms with E-state index in [1.54, 1.807) is 0 Å². The molecule has 1 aliphatic rings. The number of halogens is 5. The highest BCUT2D eigenvalue weighted by molar-refractivity contribution is 5.87. The summed E-state index contributed by atoms with van der Waals surface area (Å²) in [6.07, 6.45) is 0.865. The normalized spacial score (nSPS) is 19.3. The van der Waals surface area contributed by atoms with Crippen LogP contribution >= 0.6 is 0 Å². The van der Waals surface area contributed by atoms with E-state index in [9.17, 15) is 26.7 Å². The van der Waals surface area contributed by atoms with E-state index in [0.717, 1.165) is 50.5 Å². The van der Waals surface area contributed by atoms with E-state index >= 15 is 0 Å². The Kier molecular flexibility index (Phi) is 6.64. The van der Waals surface area contributed by atoms with Crippen molar-refractivity contribution in [3.05, 3.63) is 41.5 Å². The summed E-state index contributed by atoms with van der Waals surface area (Å²) in [5.74, 6) is 0.167. The molecule has 0 aromatic heterocycles. The standard InChI is InChI=1S/C23H21F5O2/c1-2-3-14-4-6-15(7-5-14)22(29)30-17-8-9-18-16(12-17)13-20(24)19(21(18)25)10-11-23(26,27)28/h8-9,12-15H,2-7H2,1H3. The van der Waals surface area contributed by atoms with E-state index < -0.39 is 23.4 Å². The lowest BCUT2D eigenvalue weighted by Crippen LogP contribution is -2.25. The number of carbonyl (C=O) groups is 1. The van der Waals surface area contributed by atoms with Gasteiger partial charge in [-0.3, -0.25) is 4.79 Å². The predicted octanol–water partition coefficient (Wildman–Crippen LogP) is 6.54. The van der Waals surface area contributed by atoms with Crippen LogP contribution in [-0.2, 0) is 4.79 Å². The summed E-state index contributed by atoms with van der Waals surface area (Å²) >= 11 is 0. The first-order chi connectivity index (χ1) is 14.2. The lowest BCUT2D eigenvalue weighted by Gasteiger charge is -2.26. The molecule has 0 heterocycles. The molecule has 0 bridgehead atoms. The van der Waals surface area contributed by atoms with E-state index in [-0.39, 0.29) is 28.4 Å². The largest absolute Gasteiger partial charge is 0.458 e. The first kappa shape index (κ1) is 22.1. The van der Waals surface area contributed by atoms with Gasteiger partial charge in [-0.25, -0.2) is 8.78 Å². The summed E-state index contributed by atoms with van der Waals surface area (Å²) in [4.78, 5) is 12.4. The molecule has 2 aromatic rings. The van der Waals surface area contributed by atoms with Crippen molar-refractivity contribution in [2.75, 3.05) is 0 Å². The molecule has 0 saturated heterocycles. The molecule has 1 saturated carbocycles. The van der Waals surface area contributed by atoms with E-state index in [0.29, 0.717) is 5.92 Å². The van der Waals surface area contributed by atoms with Gasteiger partial charge in [-0.2, -0.15) is 13.2 Å². The van der Waals surface area contributed by atoms with Gasteiger partial charge >= 0.3 is 12.1 Å². The van der Waals surface area contributed by atoms with Crippen LogP contribution in [0.2, 0.25) is 0 Å². The Balaban J connectivity index is 1.77. The molecule has 0 N–H and O–H groups in total. The van der Waals surface area contributed by atoms with Crippen LogP contribution in [0.15, 0.2) is 24.3 Å². The number of hydrogen-bond acceptors (Lipinski definition) is 2. The smallest absolute Gasteiger partial charge is 0.426 e. The topological polar surface area (TPSA) is 26.3 Å². The number of benzene rings is 2. The lowest BCUT2D eigenvalue weighted by molar-refractivity contribution is -0.140. The van der Waals surface area contributed by atoms with Crippen molar-refractivity contribution in [1.29, 1.82) is 0 Å². The summed E-state index contributed by atoms with van der Waals surface area (Å²) < 4.78 is 70.7. The zero-order valence-electron chi connectivity index (χ0n) is 16.4. The number of esters is 1. The average Bonchev–Trinajstić information content (AvgIpc) is 2.67. The highest BCUT2D eigenvalue weighted by Gasteiger charge is 2.27. The summed E-state index contributed by atoms with van der Waals surface area (Å²) in [7, 11) is 0. The number of alkyl halides is 3. The Morgan fingerprint density at radius 2 is 1.83 bits per heavy atom. The molecule has 2 nitrogen and oxygen atoms in total. The minimum Gasteiger partial charge on any atom is -0.426 e. The van der Waals surface area contributed by atoms with Crippen molar-refractivity contribution in [3.63, 3.8) is 0 Å². The number of rotatable bonds is 4. The maximum absolute atomic E-state index is 14.5. The fourth-order valence-corrected chi connectivity index (χ4v) is 3.91. The van der Waals surface area contributed by atoms with Gasteiger partial charge in [0.15, 0.2) is 0 Å². The van der Waals surface area contributed by atoms with Crippen LogP contribution < -0.4 is 4.74 Å². The Hall–Kier alpha value is -2.62. The van der Waals surface area contributed by atoms with Crippen molar-refractivity contribution in [2.24, 2.45) is 11.8 Å². The third-order valence-corrected chi connectivity index (χ3v) is 5.42. The van der Waals surface area contributed by atoms with E-state index in [1.165, 1.54) is 24.1 Å². The molecule has 160 valence electrons. The highest BCUT2D eigenvalue weighted by atomic mass is 19.4. The third kappa shape index (κ3) is 5.29. The molecule has 0 amide bonds. The zero-order chi connectivity index (χ0) is 21.9. The zero-order valence-corrected chi connectivity index (χ0v) is 16.4. The summed E-state index contributed by atoms with van der Waals surface area (Å²) in [5.41, 5.74) is -0.951. The van der Waals surface area contributed by atoms with Crippen molar-refractivity contribution >= 4 is 16.7 Å². The molecule has 0 spiro atoms. The van der Waals surface area contributed by atoms with Gasteiger partial charge < -0.3 is 4.74 Å². The Morgan fingerprint density at radius 1 is 1.13 bits per heavy atom. The quantitative estimate of drug-likeness (QED) is 0.241. The molecule has 0 aliphatic heterocycles. The molecule has 0 radical (unpaired) electrons.